The molecule has 1 heterocycles. The van der Waals surface area contributed by atoms with Crippen molar-refractivity contribution in [3.05, 3.63) is 34.9 Å². The summed E-state index contributed by atoms with van der Waals surface area (Å²) in [4.78, 5) is 0. The molecule has 0 amide bonds. The van der Waals surface area contributed by atoms with Gasteiger partial charge in [0.1, 0.15) is 0 Å². The molecule has 0 radical (unpaired) electrons. The first-order valence-corrected chi connectivity index (χ1v) is 7.13. The maximum absolute atomic E-state index is 10.0. The van der Waals surface area contributed by atoms with Crippen molar-refractivity contribution < 1.29 is 5.11 Å². The Labute approximate surface area is 115 Å². The lowest BCUT2D eigenvalue weighted by molar-refractivity contribution is 0.0136. The summed E-state index contributed by atoms with van der Waals surface area (Å²) < 4.78 is 0. The van der Waals surface area contributed by atoms with Crippen LogP contribution in [0.4, 0.5) is 0 Å². The summed E-state index contributed by atoms with van der Waals surface area (Å²) >= 11 is 5.84. The molecule has 0 aromatic heterocycles. The van der Waals surface area contributed by atoms with Crippen molar-refractivity contribution in [2.24, 2.45) is 0 Å². The van der Waals surface area contributed by atoms with Gasteiger partial charge in [-0.05, 0) is 50.4 Å². The molecule has 1 aromatic rings. The smallest absolute Gasteiger partial charge is 0.0646 e. The number of nitrogens with one attached hydrogen (secondary N) is 1. The quantitative estimate of drug-likeness (QED) is 0.862. The van der Waals surface area contributed by atoms with Gasteiger partial charge >= 0.3 is 0 Å². The van der Waals surface area contributed by atoms with E-state index in [1.807, 2.05) is 45.0 Å². The van der Waals surface area contributed by atoms with Crippen molar-refractivity contribution in [2.45, 2.75) is 51.7 Å². The van der Waals surface area contributed by atoms with Gasteiger partial charge in [0, 0.05) is 11.1 Å². The average Bonchev–Trinajstić information content (AvgIpc) is 2.33. The first kappa shape index (κ1) is 15.5. The van der Waals surface area contributed by atoms with Crippen molar-refractivity contribution in [2.75, 3.05) is 6.54 Å². The van der Waals surface area contributed by atoms with Crippen LogP contribution in [-0.2, 0) is 6.42 Å². The number of aliphatic hydroxyl groups is 1. The lowest BCUT2D eigenvalue weighted by Crippen LogP contribution is -2.47. The number of piperidine rings is 1. The molecule has 2 rings (SSSR count). The van der Waals surface area contributed by atoms with E-state index in [0.29, 0.717) is 6.04 Å². The predicted molar refractivity (Wildman–Crippen MR) is 78.2 cm³/mol. The highest BCUT2D eigenvalue weighted by Gasteiger charge is 2.29. The Morgan fingerprint density at radius 3 is 2.50 bits per heavy atom. The standard InChI is InChI=1S/C13H18ClNO.C2H6/c1-13(16)6-7-15-12(9-13)8-10-2-4-11(14)5-3-10;1-2/h2-5,12,15-16H,6-9H2,1H3;1-2H3. The number of halogens is 1. The van der Waals surface area contributed by atoms with Gasteiger partial charge in [-0.2, -0.15) is 0 Å². The van der Waals surface area contributed by atoms with Crippen molar-refractivity contribution >= 4 is 11.6 Å². The minimum absolute atomic E-state index is 0.366. The van der Waals surface area contributed by atoms with Gasteiger partial charge in [0.2, 0.25) is 0 Å². The summed E-state index contributed by atoms with van der Waals surface area (Å²) in [5.74, 6) is 0. The van der Waals surface area contributed by atoms with E-state index in [2.05, 4.69) is 5.32 Å². The molecule has 3 heteroatoms. The van der Waals surface area contributed by atoms with Gasteiger partial charge in [-0.15, -0.1) is 0 Å². The molecule has 1 aliphatic heterocycles. The zero-order valence-electron chi connectivity index (χ0n) is 11.5. The summed E-state index contributed by atoms with van der Waals surface area (Å²) in [6.07, 6.45) is 2.60. The van der Waals surface area contributed by atoms with E-state index < -0.39 is 5.60 Å². The van der Waals surface area contributed by atoms with E-state index in [0.717, 1.165) is 30.8 Å². The molecule has 2 unspecified atom stereocenters. The molecule has 1 saturated heterocycles. The molecule has 0 aliphatic carbocycles. The first-order chi connectivity index (χ1) is 8.55. The van der Waals surface area contributed by atoms with Crippen LogP contribution in [0, 0.1) is 0 Å². The third kappa shape index (κ3) is 4.97. The van der Waals surface area contributed by atoms with Gasteiger partial charge in [0.15, 0.2) is 0 Å². The fraction of sp³-hybridized carbons (Fsp3) is 0.600. The average molecular weight is 270 g/mol. The highest BCUT2D eigenvalue weighted by molar-refractivity contribution is 6.30. The fourth-order valence-corrected chi connectivity index (χ4v) is 2.43. The Kier molecular flexibility index (Phi) is 6.13. The minimum atomic E-state index is -0.512. The molecule has 0 spiro atoms. The van der Waals surface area contributed by atoms with Crippen molar-refractivity contribution in [1.82, 2.24) is 5.32 Å². The van der Waals surface area contributed by atoms with Gasteiger partial charge in [0.25, 0.3) is 0 Å². The van der Waals surface area contributed by atoms with E-state index >= 15 is 0 Å². The van der Waals surface area contributed by atoms with Crippen molar-refractivity contribution in [3.8, 4) is 0 Å². The highest BCUT2D eigenvalue weighted by atomic mass is 35.5. The summed E-state index contributed by atoms with van der Waals surface area (Å²) in [5.41, 5.74) is 0.752. The second-order valence-corrected chi connectivity index (χ2v) is 5.37. The molecule has 1 fully saturated rings. The SMILES string of the molecule is CC.CC1(O)CCNC(Cc2ccc(Cl)cc2)C1. The number of benzene rings is 1. The van der Waals surface area contributed by atoms with Crippen LogP contribution in [0.25, 0.3) is 0 Å². The Morgan fingerprint density at radius 2 is 1.94 bits per heavy atom. The maximum atomic E-state index is 10.0. The highest BCUT2D eigenvalue weighted by Crippen LogP contribution is 2.23. The molecular formula is C15H24ClNO. The monoisotopic (exact) mass is 269 g/mol. The van der Waals surface area contributed by atoms with E-state index in [1.54, 1.807) is 0 Å². The third-order valence-corrected chi connectivity index (χ3v) is 3.43. The molecule has 2 atom stereocenters. The van der Waals surface area contributed by atoms with Crippen molar-refractivity contribution in [3.63, 3.8) is 0 Å². The molecule has 1 aromatic carbocycles. The van der Waals surface area contributed by atoms with E-state index in [4.69, 9.17) is 11.6 Å². The molecule has 102 valence electrons. The van der Waals surface area contributed by atoms with Gasteiger partial charge in [-0.1, -0.05) is 37.6 Å². The topological polar surface area (TPSA) is 32.3 Å². The lowest BCUT2D eigenvalue weighted by Gasteiger charge is -2.35. The Bertz CT molecular complexity index is 348. The largest absolute Gasteiger partial charge is 0.390 e. The Morgan fingerprint density at radius 1 is 1.33 bits per heavy atom. The molecular weight excluding hydrogens is 246 g/mol. The second-order valence-electron chi connectivity index (χ2n) is 4.93. The zero-order chi connectivity index (χ0) is 13.6. The fourth-order valence-electron chi connectivity index (χ4n) is 2.30. The summed E-state index contributed by atoms with van der Waals surface area (Å²) in [6, 6.07) is 8.29. The lowest BCUT2D eigenvalue weighted by atomic mass is 9.87. The van der Waals surface area contributed by atoms with Gasteiger partial charge in [0.05, 0.1) is 5.60 Å². The minimum Gasteiger partial charge on any atom is -0.390 e. The van der Waals surface area contributed by atoms with E-state index in [9.17, 15) is 5.11 Å². The van der Waals surface area contributed by atoms with Crippen LogP contribution < -0.4 is 5.32 Å². The van der Waals surface area contributed by atoms with Crippen LogP contribution >= 0.6 is 11.6 Å². The van der Waals surface area contributed by atoms with Crippen LogP contribution in [0.15, 0.2) is 24.3 Å². The molecule has 18 heavy (non-hydrogen) atoms. The Balaban J connectivity index is 0.000000771. The predicted octanol–water partition coefficient (Wildman–Crippen LogP) is 3.41. The van der Waals surface area contributed by atoms with Gasteiger partial charge < -0.3 is 10.4 Å². The first-order valence-electron chi connectivity index (χ1n) is 6.75. The normalized spacial score (nSPS) is 27.3. The van der Waals surface area contributed by atoms with Gasteiger partial charge in [-0.25, -0.2) is 0 Å². The van der Waals surface area contributed by atoms with E-state index in [1.165, 1.54) is 5.56 Å². The van der Waals surface area contributed by atoms with Gasteiger partial charge in [-0.3, -0.25) is 0 Å². The number of hydrogen-bond donors (Lipinski definition) is 2. The third-order valence-electron chi connectivity index (χ3n) is 3.18. The van der Waals surface area contributed by atoms with Crippen LogP contribution in [0.5, 0.6) is 0 Å². The summed E-state index contributed by atoms with van der Waals surface area (Å²) in [7, 11) is 0. The summed E-state index contributed by atoms with van der Waals surface area (Å²) in [6.45, 7) is 6.81. The molecule has 0 saturated carbocycles. The molecule has 1 aliphatic rings. The van der Waals surface area contributed by atoms with Crippen LogP contribution in [0.2, 0.25) is 5.02 Å². The Hall–Kier alpha value is -0.570. The van der Waals surface area contributed by atoms with Crippen LogP contribution in [-0.4, -0.2) is 23.3 Å². The van der Waals surface area contributed by atoms with E-state index in [-0.39, 0.29) is 0 Å². The zero-order valence-corrected chi connectivity index (χ0v) is 12.3. The summed E-state index contributed by atoms with van der Waals surface area (Å²) in [5, 5.41) is 14.2. The number of rotatable bonds is 2. The van der Waals surface area contributed by atoms with Crippen LogP contribution in [0.1, 0.15) is 39.2 Å². The number of hydrogen-bond acceptors (Lipinski definition) is 2. The van der Waals surface area contributed by atoms with Crippen LogP contribution in [0.3, 0.4) is 0 Å². The molecule has 0 bridgehead atoms. The molecule has 2 N–H and O–H groups in total. The maximum Gasteiger partial charge on any atom is 0.0646 e. The second kappa shape index (κ2) is 7.13. The molecule has 2 nitrogen and oxygen atoms in total. The van der Waals surface area contributed by atoms with Crippen molar-refractivity contribution in [1.29, 1.82) is 0 Å².